The van der Waals surface area contributed by atoms with Gasteiger partial charge in [-0.2, -0.15) is 0 Å². The van der Waals surface area contributed by atoms with E-state index < -0.39 is 0 Å². The van der Waals surface area contributed by atoms with E-state index in [1.807, 2.05) is 20.0 Å². The monoisotopic (exact) mass is 272 g/mol. The molecule has 0 heterocycles. The van der Waals surface area contributed by atoms with Crippen LogP contribution in [0, 0.1) is 5.82 Å². The van der Waals surface area contributed by atoms with Crippen LogP contribution in [0.2, 0.25) is 0 Å². The first kappa shape index (κ1) is 14.5. The molecule has 0 saturated heterocycles. The Hall–Kier alpha value is -1.87. The van der Waals surface area contributed by atoms with Gasteiger partial charge in [0.15, 0.2) is 0 Å². The van der Waals surface area contributed by atoms with Gasteiger partial charge in [0.2, 0.25) is 0 Å². The van der Waals surface area contributed by atoms with Crippen molar-refractivity contribution in [3.8, 4) is 0 Å². The van der Waals surface area contributed by atoms with E-state index in [1.165, 1.54) is 11.6 Å². The van der Waals surface area contributed by atoms with E-state index in [4.69, 9.17) is 5.73 Å². The molecular formula is C17H21FN2. The Labute approximate surface area is 120 Å². The van der Waals surface area contributed by atoms with E-state index in [2.05, 4.69) is 29.2 Å². The van der Waals surface area contributed by atoms with Gasteiger partial charge in [0.25, 0.3) is 0 Å². The van der Waals surface area contributed by atoms with Crippen LogP contribution in [0.25, 0.3) is 0 Å². The second-order valence-electron chi connectivity index (χ2n) is 5.33. The SMILES string of the molecule is CC(N)Cc1ccc(N(C)Cc2cccc(F)c2)cc1. The quantitative estimate of drug-likeness (QED) is 0.904. The van der Waals surface area contributed by atoms with Crippen molar-refractivity contribution in [2.75, 3.05) is 11.9 Å². The minimum Gasteiger partial charge on any atom is -0.370 e. The van der Waals surface area contributed by atoms with Crippen LogP contribution in [0.3, 0.4) is 0 Å². The molecule has 0 amide bonds. The molecule has 0 bridgehead atoms. The van der Waals surface area contributed by atoms with Gasteiger partial charge in [0, 0.05) is 25.3 Å². The van der Waals surface area contributed by atoms with Crippen LogP contribution in [0.15, 0.2) is 48.5 Å². The Morgan fingerprint density at radius 1 is 1.10 bits per heavy atom. The van der Waals surface area contributed by atoms with Gasteiger partial charge in [-0.25, -0.2) is 4.39 Å². The molecule has 106 valence electrons. The fraction of sp³-hybridized carbons (Fsp3) is 0.294. The van der Waals surface area contributed by atoms with E-state index in [-0.39, 0.29) is 11.9 Å². The summed E-state index contributed by atoms with van der Waals surface area (Å²) in [5.74, 6) is -0.191. The lowest BCUT2D eigenvalue weighted by molar-refractivity contribution is 0.625. The molecule has 2 N–H and O–H groups in total. The number of benzene rings is 2. The van der Waals surface area contributed by atoms with E-state index in [0.717, 1.165) is 17.7 Å². The predicted molar refractivity (Wildman–Crippen MR) is 82.3 cm³/mol. The third kappa shape index (κ3) is 4.07. The van der Waals surface area contributed by atoms with Crippen molar-refractivity contribution in [2.45, 2.75) is 25.9 Å². The maximum Gasteiger partial charge on any atom is 0.123 e. The fourth-order valence-electron chi connectivity index (χ4n) is 2.26. The minimum atomic E-state index is -0.191. The number of hydrogen-bond donors (Lipinski definition) is 1. The molecule has 0 saturated carbocycles. The molecule has 2 rings (SSSR count). The zero-order valence-electron chi connectivity index (χ0n) is 12.0. The van der Waals surface area contributed by atoms with Gasteiger partial charge in [0.1, 0.15) is 5.82 Å². The molecule has 3 heteroatoms. The Morgan fingerprint density at radius 2 is 1.80 bits per heavy atom. The van der Waals surface area contributed by atoms with Crippen LogP contribution in [-0.2, 0) is 13.0 Å². The Kier molecular flexibility index (Phi) is 4.74. The molecule has 20 heavy (non-hydrogen) atoms. The molecule has 1 unspecified atom stereocenters. The number of halogens is 1. The summed E-state index contributed by atoms with van der Waals surface area (Å²) in [6.45, 7) is 2.69. The first-order valence-corrected chi connectivity index (χ1v) is 6.84. The minimum absolute atomic E-state index is 0.172. The molecule has 1 atom stereocenters. The predicted octanol–water partition coefficient (Wildman–Crippen LogP) is 3.35. The summed E-state index contributed by atoms with van der Waals surface area (Å²) in [5, 5.41) is 0. The highest BCUT2D eigenvalue weighted by Crippen LogP contribution is 2.17. The van der Waals surface area contributed by atoms with Gasteiger partial charge >= 0.3 is 0 Å². The second kappa shape index (κ2) is 6.53. The summed E-state index contributed by atoms with van der Waals surface area (Å²) in [4.78, 5) is 2.10. The summed E-state index contributed by atoms with van der Waals surface area (Å²) in [6, 6.07) is 15.2. The Morgan fingerprint density at radius 3 is 2.40 bits per heavy atom. The molecule has 0 spiro atoms. The van der Waals surface area contributed by atoms with Gasteiger partial charge in [-0.3, -0.25) is 0 Å². The van der Waals surface area contributed by atoms with Crippen LogP contribution in [0.1, 0.15) is 18.1 Å². The van der Waals surface area contributed by atoms with Crippen LogP contribution in [-0.4, -0.2) is 13.1 Å². The molecule has 2 aromatic rings. The average molecular weight is 272 g/mol. The second-order valence-corrected chi connectivity index (χ2v) is 5.33. The summed E-state index contributed by atoms with van der Waals surface area (Å²) in [7, 11) is 2.01. The number of nitrogens with zero attached hydrogens (tertiary/aromatic N) is 1. The number of rotatable bonds is 5. The molecule has 0 aliphatic rings. The molecule has 0 fully saturated rings. The third-order valence-electron chi connectivity index (χ3n) is 3.24. The molecular weight excluding hydrogens is 251 g/mol. The van der Waals surface area contributed by atoms with Gasteiger partial charge < -0.3 is 10.6 Å². The lowest BCUT2D eigenvalue weighted by Gasteiger charge is -2.20. The van der Waals surface area contributed by atoms with Gasteiger partial charge in [-0.15, -0.1) is 0 Å². The van der Waals surface area contributed by atoms with Gasteiger partial charge in [-0.1, -0.05) is 24.3 Å². The zero-order valence-corrected chi connectivity index (χ0v) is 12.0. The average Bonchev–Trinajstić information content (AvgIpc) is 2.38. The zero-order chi connectivity index (χ0) is 14.5. The molecule has 2 nitrogen and oxygen atoms in total. The Bertz CT molecular complexity index is 549. The molecule has 0 aliphatic carbocycles. The maximum absolute atomic E-state index is 13.2. The van der Waals surface area contributed by atoms with Crippen LogP contribution < -0.4 is 10.6 Å². The summed E-state index contributed by atoms with van der Waals surface area (Å²) in [5.41, 5.74) is 9.11. The van der Waals surface area contributed by atoms with Crippen molar-refractivity contribution < 1.29 is 4.39 Å². The van der Waals surface area contributed by atoms with Crippen molar-refractivity contribution in [1.29, 1.82) is 0 Å². The molecule has 0 aliphatic heterocycles. The normalized spacial score (nSPS) is 12.2. The van der Waals surface area contributed by atoms with Crippen molar-refractivity contribution in [3.63, 3.8) is 0 Å². The third-order valence-corrected chi connectivity index (χ3v) is 3.24. The summed E-state index contributed by atoms with van der Waals surface area (Å²) in [6.07, 6.45) is 0.883. The largest absolute Gasteiger partial charge is 0.370 e. The highest BCUT2D eigenvalue weighted by molar-refractivity contribution is 5.47. The number of anilines is 1. The number of hydrogen-bond acceptors (Lipinski definition) is 2. The van der Waals surface area contributed by atoms with Crippen LogP contribution in [0.5, 0.6) is 0 Å². The Balaban J connectivity index is 2.03. The molecule has 0 aromatic heterocycles. The van der Waals surface area contributed by atoms with Gasteiger partial charge in [-0.05, 0) is 48.7 Å². The van der Waals surface area contributed by atoms with E-state index in [0.29, 0.717) is 6.54 Å². The van der Waals surface area contributed by atoms with Crippen LogP contribution in [0.4, 0.5) is 10.1 Å². The van der Waals surface area contributed by atoms with E-state index in [1.54, 1.807) is 12.1 Å². The molecule has 0 radical (unpaired) electrons. The van der Waals surface area contributed by atoms with E-state index in [9.17, 15) is 4.39 Å². The topological polar surface area (TPSA) is 29.3 Å². The standard InChI is InChI=1S/C17H21FN2/c1-13(19)10-14-6-8-17(9-7-14)20(2)12-15-4-3-5-16(18)11-15/h3-9,11,13H,10,12,19H2,1-2H3. The lowest BCUT2D eigenvalue weighted by atomic mass is 10.1. The first-order valence-electron chi connectivity index (χ1n) is 6.84. The first-order chi connectivity index (χ1) is 9.54. The van der Waals surface area contributed by atoms with Gasteiger partial charge in [0.05, 0.1) is 0 Å². The van der Waals surface area contributed by atoms with Crippen molar-refractivity contribution in [1.82, 2.24) is 0 Å². The number of nitrogens with two attached hydrogens (primary N) is 1. The summed E-state index contributed by atoms with van der Waals surface area (Å²) < 4.78 is 13.2. The highest BCUT2D eigenvalue weighted by atomic mass is 19.1. The molecule has 2 aromatic carbocycles. The smallest absolute Gasteiger partial charge is 0.123 e. The van der Waals surface area contributed by atoms with Crippen molar-refractivity contribution >= 4 is 5.69 Å². The van der Waals surface area contributed by atoms with E-state index >= 15 is 0 Å². The fourth-order valence-corrected chi connectivity index (χ4v) is 2.26. The maximum atomic E-state index is 13.2. The van der Waals surface area contributed by atoms with Crippen molar-refractivity contribution in [3.05, 3.63) is 65.5 Å². The lowest BCUT2D eigenvalue weighted by Crippen LogP contribution is -2.18. The van der Waals surface area contributed by atoms with Crippen molar-refractivity contribution in [2.24, 2.45) is 5.73 Å². The highest BCUT2D eigenvalue weighted by Gasteiger charge is 2.04. The summed E-state index contributed by atoms with van der Waals surface area (Å²) >= 11 is 0. The van der Waals surface area contributed by atoms with Crippen LogP contribution >= 0.6 is 0 Å².